The molecule has 20 heavy (non-hydrogen) atoms. The molecule has 1 atom stereocenters. The Hall–Kier alpha value is -1.85. The van der Waals surface area contributed by atoms with Gasteiger partial charge in [0.15, 0.2) is 5.76 Å². The Morgan fingerprint density at radius 1 is 1.30 bits per heavy atom. The van der Waals surface area contributed by atoms with Crippen molar-refractivity contribution in [1.82, 2.24) is 5.16 Å². The van der Waals surface area contributed by atoms with Crippen molar-refractivity contribution < 1.29 is 14.0 Å². The van der Waals surface area contributed by atoms with Crippen LogP contribution in [0.2, 0.25) is 0 Å². The number of aromatic nitrogens is 1. The average Bonchev–Trinajstić information content (AvgIpc) is 2.85. The molecule has 1 aromatic carbocycles. The zero-order chi connectivity index (χ0) is 14.5. The van der Waals surface area contributed by atoms with Gasteiger partial charge in [0.25, 0.3) is 0 Å². The molecule has 0 amide bonds. The summed E-state index contributed by atoms with van der Waals surface area (Å²) in [6.45, 7) is 4.74. The standard InChI is InChI=1S/C15H20N2O3/c1-10-6-12(11(2)16)4-5-15(10)19-8-13-7-14(9-18-3)20-17-13/h4-7,11H,8-9,16H2,1-3H3. The molecule has 0 saturated heterocycles. The van der Waals surface area contributed by atoms with Gasteiger partial charge in [-0.05, 0) is 31.0 Å². The summed E-state index contributed by atoms with van der Waals surface area (Å²) in [4.78, 5) is 0. The number of rotatable bonds is 6. The van der Waals surface area contributed by atoms with E-state index in [2.05, 4.69) is 5.16 Å². The topological polar surface area (TPSA) is 70.5 Å². The summed E-state index contributed by atoms with van der Waals surface area (Å²) < 4.78 is 15.8. The monoisotopic (exact) mass is 276 g/mol. The Morgan fingerprint density at radius 2 is 2.10 bits per heavy atom. The molecule has 1 heterocycles. The van der Waals surface area contributed by atoms with Crippen LogP contribution in [-0.4, -0.2) is 12.3 Å². The highest BCUT2D eigenvalue weighted by Crippen LogP contribution is 2.22. The van der Waals surface area contributed by atoms with Gasteiger partial charge in [0.2, 0.25) is 0 Å². The molecule has 0 aliphatic carbocycles. The summed E-state index contributed by atoms with van der Waals surface area (Å²) >= 11 is 0. The number of ether oxygens (including phenoxy) is 2. The summed E-state index contributed by atoms with van der Waals surface area (Å²) in [6.07, 6.45) is 0. The highest BCUT2D eigenvalue weighted by molar-refractivity contribution is 5.37. The molecule has 0 saturated carbocycles. The minimum absolute atomic E-state index is 0.0230. The van der Waals surface area contributed by atoms with Gasteiger partial charge in [0, 0.05) is 19.2 Å². The van der Waals surface area contributed by atoms with Crippen LogP contribution in [0.15, 0.2) is 28.8 Å². The van der Waals surface area contributed by atoms with Crippen LogP contribution in [0.3, 0.4) is 0 Å². The second-order valence-electron chi connectivity index (χ2n) is 4.82. The Kier molecular flexibility index (Phi) is 4.76. The van der Waals surface area contributed by atoms with Crippen LogP contribution in [-0.2, 0) is 18.0 Å². The van der Waals surface area contributed by atoms with Crippen molar-refractivity contribution in [2.75, 3.05) is 7.11 Å². The molecule has 0 aliphatic heterocycles. The van der Waals surface area contributed by atoms with Crippen molar-refractivity contribution in [3.63, 3.8) is 0 Å². The number of nitrogens with zero attached hydrogens (tertiary/aromatic N) is 1. The predicted octanol–water partition coefficient (Wildman–Crippen LogP) is 2.73. The van der Waals surface area contributed by atoms with Gasteiger partial charge in [-0.2, -0.15) is 0 Å². The van der Waals surface area contributed by atoms with Gasteiger partial charge in [0.05, 0.1) is 0 Å². The number of benzene rings is 1. The van der Waals surface area contributed by atoms with Crippen LogP contribution in [0.1, 0.15) is 35.5 Å². The third kappa shape index (κ3) is 3.59. The fraction of sp³-hybridized carbons (Fsp3) is 0.400. The molecule has 0 spiro atoms. The molecule has 108 valence electrons. The molecule has 2 aromatic rings. The third-order valence-corrected chi connectivity index (χ3v) is 2.99. The lowest BCUT2D eigenvalue weighted by Crippen LogP contribution is -2.05. The van der Waals surface area contributed by atoms with Crippen LogP contribution in [0.5, 0.6) is 5.75 Å². The van der Waals surface area contributed by atoms with Crippen molar-refractivity contribution in [3.8, 4) is 5.75 Å². The lowest BCUT2D eigenvalue weighted by molar-refractivity contribution is 0.155. The van der Waals surface area contributed by atoms with Crippen molar-refractivity contribution in [2.45, 2.75) is 33.1 Å². The number of nitrogens with two attached hydrogens (primary N) is 1. The molecule has 0 aliphatic rings. The van der Waals surface area contributed by atoms with Crippen LogP contribution < -0.4 is 10.5 Å². The zero-order valence-electron chi connectivity index (χ0n) is 12.1. The molecule has 5 heteroatoms. The maximum atomic E-state index is 5.85. The minimum Gasteiger partial charge on any atom is -0.487 e. The molecule has 2 N–H and O–H groups in total. The Bertz CT molecular complexity index is 564. The Labute approximate surface area is 118 Å². The summed E-state index contributed by atoms with van der Waals surface area (Å²) in [5.74, 6) is 1.51. The fourth-order valence-corrected chi connectivity index (χ4v) is 1.90. The molecule has 2 rings (SSSR count). The Balaban J connectivity index is 1.99. The Morgan fingerprint density at radius 3 is 2.75 bits per heavy atom. The molecule has 0 bridgehead atoms. The summed E-state index contributed by atoms with van der Waals surface area (Å²) in [5.41, 5.74) is 8.75. The maximum absolute atomic E-state index is 5.85. The second kappa shape index (κ2) is 6.54. The third-order valence-electron chi connectivity index (χ3n) is 2.99. The largest absolute Gasteiger partial charge is 0.487 e. The highest BCUT2D eigenvalue weighted by atomic mass is 16.5. The van der Waals surface area contributed by atoms with Crippen molar-refractivity contribution in [1.29, 1.82) is 0 Å². The van der Waals surface area contributed by atoms with E-state index in [1.54, 1.807) is 7.11 Å². The predicted molar refractivity (Wildman–Crippen MR) is 75.3 cm³/mol. The van der Waals surface area contributed by atoms with Crippen molar-refractivity contribution in [2.24, 2.45) is 5.73 Å². The van der Waals surface area contributed by atoms with Crippen LogP contribution in [0.25, 0.3) is 0 Å². The number of hydrogen-bond donors (Lipinski definition) is 1. The normalized spacial score (nSPS) is 12.4. The zero-order valence-corrected chi connectivity index (χ0v) is 12.1. The summed E-state index contributed by atoms with van der Waals surface area (Å²) in [7, 11) is 1.61. The highest BCUT2D eigenvalue weighted by Gasteiger charge is 2.07. The lowest BCUT2D eigenvalue weighted by Gasteiger charge is -2.11. The molecule has 0 fully saturated rings. The van der Waals surface area contributed by atoms with Gasteiger partial charge in [-0.15, -0.1) is 0 Å². The van der Waals surface area contributed by atoms with Crippen molar-refractivity contribution in [3.05, 3.63) is 46.8 Å². The van der Waals surface area contributed by atoms with Crippen LogP contribution in [0.4, 0.5) is 0 Å². The van der Waals surface area contributed by atoms with Gasteiger partial charge in [-0.3, -0.25) is 0 Å². The molecule has 1 aromatic heterocycles. The van der Waals surface area contributed by atoms with E-state index in [0.717, 1.165) is 22.6 Å². The molecule has 1 unspecified atom stereocenters. The minimum atomic E-state index is 0.0230. The summed E-state index contributed by atoms with van der Waals surface area (Å²) in [5, 5.41) is 3.93. The maximum Gasteiger partial charge on any atom is 0.162 e. The fourth-order valence-electron chi connectivity index (χ4n) is 1.90. The van der Waals surface area contributed by atoms with Crippen LogP contribution >= 0.6 is 0 Å². The first-order chi connectivity index (χ1) is 9.60. The molecule has 5 nitrogen and oxygen atoms in total. The smallest absolute Gasteiger partial charge is 0.162 e. The molecular formula is C15H20N2O3. The van der Waals surface area contributed by atoms with Crippen molar-refractivity contribution >= 4 is 0 Å². The lowest BCUT2D eigenvalue weighted by atomic mass is 10.1. The van der Waals surface area contributed by atoms with E-state index < -0.39 is 0 Å². The first kappa shape index (κ1) is 14.6. The number of aryl methyl sites for hydroxylation is 1. The van der Waals surface area contributed by atoms with E-state index >= 15 is 0 Å². The van der Waals surface area contributed by atoms with Gasteiger partial charge >= 0.3 is 0 Å². The van der Waals surface area contributed by atoms with E-state index in [9.17, 15) is 0 Å². The quantitative estimate of drug-likeness (QED) is 0.878. The van der Waals surface area contributed by atoms with Gasteiger partial charge in [-0.25, -0.2) is 0 Å². The first-order valence-corrected chi connectivity index (χ1v) is 6.52. The SMILES string of the molecule is COCc1cc(COc2ccc(C(C)N)cc2C)no1. The van der Waals surface area contributed by atoms with Crippen LogP contribution in [0, 0.1) is 6.92 Å². The molecular weight excluding hydrogens is 256 g/mol. The first-order valence-electron chi connectivity index (χ1n) is 6.52. The number of hydrogen-bond acceptors (Lipinski definition) is 5. The second-order valence-corrected chi connectivity index (χ2v) is 4.82. The van der Waals surface area contributed by atoms with Gasteiger partial charge < -0.3 is 19.7 Å². The number of methoxy groups -OCH3 is 1. The average molecular weight is 276 g/mol. The van der Waals surface area contributed by atoms with E-state index in [-0.39, 0.29) is 6.04 Å². The van der Waals surface area contributed by atoms with E-state index in [0.29, 0.717) is 19.0 Å². The van der Waals surface area contributed by atoms with E-state index in [1.165, 1.54) is 0 Å². The van der Waals surface area contributed by atoms with Gasteiger partial charge in [-0.1, -0.05) is 17.3 Å². The van der Waals surface area contributed by atoms with E-state index in [1.807, 2.05) is 38.1 Å². The van der Waals surface area contributed by atoms with Gasteiger partial charge in [0.1, 0.15) is 24.7 Å². The summed E-state index contributed by atoms with van der Waals surface area (Å²) in [6, 6.07) is 7.81. The van der Waals surface area contributed by atoms with E-state index in [4.69, 9.17) is 19.7 Å². The molecule has 0 radical (unpaired) electrons.